The van der Waals surface area contributed by atoms with E-state index in [1.165, 1.54) is 12.1 Å². The van der Waals surface area contributed by atoms with Crippen molar-refractivity contribution < 1.29 is 27.8 Å². The number of aliphatic carboxylic acids is 1. The van der Waals surface area contributed by atoms with Crippen molar-refractivity contribution in [1.29, 1.82) is 0 Å². The Bertz CT molecular complexity index is 497. The average Bonchev–Trinajstić information content (AvgIpc) is 2.41. The van der Waals surface area contributed by atoms with Crippen LogP contribution in [0.2, 0.25) is 0 Å². The Labute approximate surface area is 125 Å². The van der Waals surface area contributed by atoms with Gasteiger partial charge in [0.25, 0.3) is 0 Å². The normalized spacial score (nSPS) is 17.4. The van der Waals surface area contributed by atoms with Crippen LogP contribution in [0.25, 0.3) is 0 Å². The summed E-state index contributed by atoms with van der Waals surface area (Å²) in [6.45, 7) is 3.45. The predicted molar refractivity (Wildman–Crippen MR) is 72.5 cm³/mol. The summed E-state index contributed by atoms with van der Waals surface area (Å²) < 4.78 is 40.0. The van der Waals surface area contributed by atoms with Crippen LogP contribution in [-0.4, -0.2) is 60.0 Å². The standard InChI is InChI=1S/C14H17F3N2O3/c15-14(16,17)22-12-3-1-11(2-4-12)9-18-5-7-19(8-6-18)10-13(20)21/h1-4H,5-10H2,(H,20,21). The number of carboxylic acids is 1. The van der Waals surface area contributed by atoms with E-state index in [1.807, 2.05) is 4.90 Å². The molecule has 5 nitrogen and oxygen atoms in total. The Morgan fingerprint density at radius 1 is 1.09 bits per heavy atom. The highest BCUT2D eigenvalue weighted by molar-refractivity contribution is 5.69. The zero-order valence-electron chi connectivity index (χ0n) is 11.8. The molecule has 0 radical (unpaired) electrons. The van der Waals surface area contributed by atoms with Crippen molar-refractivity contribution in [2.45, 2.75) is 12.9 Å². The van der Waals surface area contributed by atoms with Crippen LogP contribution >= 0.6 is 0 Å². The Kier molecular flexibility index (Phi) is 5.25. The Balaban J connectivity index is 1.81. The molecule has 0 unspecified atom stereocenters. The van der Waals surface area contributed by atoms with Gasteiger partial charge in [-0.25, -0.2) is 0 Å². The summed E-state index contributed by atoms with van der Waals surface area (Å²) in [6.07, 6.45) is -4.68. The number of rotatable bonds is 5. The van der Waals surface area contributed by atoms with Gasteiger partial charge in [-0.3, -0.25) is 14.6 Å². The lowest BCUT2D eigenvalue weighted by Crippen LogP contribution is -2.47. The maximum Gasteiger partial charge on any atom is 0.573 e. The van der Waals surface area contributed by atoms with Crippen molar-refractivity contribution in [3.8, 4) is 5.75 Å². The summed E-state index contributed by atoms with van der Waals surface area (Å²) >= 11 is 0. The van der Waals surface area contributed by atoms with Crippen LogP contribution in [0.4, 0.5) is 13.2 Å². The monoisotopic (exact) mass is 318 g/mol. The molecular weight excluding hydrogens is 301 g/mol. The SMILES string of the molecule is O=C(O)CN1CCN(Cc2ccc(OC(F)(F)F)cc2)CC1. The minimum Gasteiger partial charge on any atom is -0.480 e. The molecule has 22 heavy (non-hydrogen) atoms. The van der Waals surface area contributed by atoms with E-state index in [-0.39, 0.29) is 12.3 Å². The molecule has 0 spiro atoms. The molecule has 1 aliphatic rings. The molecule has 122 valence electrons. The minimum atomic E-state index is -4.68. The maximum atomic E-state index is 12.1. The van der Waals surface area contributed by atoms with Gasteiger partial charge in [0.15, 0.2) is 0 Å². The van der Waals surface area contributed by atoms with E-state index in [0.717, 1.165) is 18.7 Å². The van der Waals surface area contributed by atoms with Crippen LogP contribution in [0.15, 0.2) is 24.3 Å². The minimum absolute atomic E-state index is 0.0390. The van der Waals surface area contributed by atoms with Crippen LogP contribution in [-0.2, 0) is 11.3 Å². The van der Waals surface area contributed by atoms with E-state index in [4.69, 9.17) is 5.11 Å². The maximum absolute atomic E-state index is 12.1. The smallest absolute Gasteiger partial charge is 0.480 e. The zero-order chi connectivity index (χ0) is 16.2. The van der Waals surface area contributed by atoms with Gasteiger partial charge in [0, 0.05) is 32.7 Å². The largest absolute Gasteiger partial charge is 0.573 e. The first-order valence-corrected chi connectivity index (χ1v) is 6.83. The number of ether oxygens (including phenoxy) is 1. The number of halogens is 3. The molecule has 1 heterocycles. The number of piperazine rings is 1. The number of carboxylic acid groups (broad SMARTS) is 1. The third-order valence-corrected chi connectivity index (χ3v) is 3.39. The molecule has 0 aliphatic carbocycles. The fourth-order valence-corrected chi connectivity index (χ4v) is 2.35. The van der Waals surface area contributed by atoms with Crippen LogP contribution < -0.4 is 4.74 Å². The van der Waals surface area contributed by atoms with Crippen LogP contribution in [0.1, 0.15) is 5.56 Å². The molecule has 1 aromatic carbocycles. The second kappa shape index (κ2) is 6.97. The summed E-state index contributed by atoms with van der Waals surface area (Å²) in [7, 11) is 0. The van der Waals surface area contributed by atoms with Gasteiger partial charge in [-0.05, 0) is 17.7 Å². The van der Waals surface area contributed by atoms with Crippen LogP contribution in [0.3, 0.4) is 0 Å². The molecule has 0 amide bonds. The fraction of sp³-hybridized carbons (Fsp3) is 0.500. The highest BCUT2D eigenvalue weighted by atomic mass is 19.4. The highest BCUT2D eigenvalue weighted by Gasteiger charge is 2.31. The zero-order valence-corrected chi connectivity index (χ0v) is 11.8. The molecule has 8 heteroatoms. The van der Waals surface area contributed by atoms with E-state index in [1.54, 1.807) is 12.1 Å². The molecule has 1 fully saturated rings. The summed E-state index contributed by atoms with van der Waals surface area (Å²) in [5, 5.41) is 8.73. The number of alkyl halides is 3. The molecule has 2 rings (SSSR count). The van der Waals surface area contributed by atoms with Crippen molar-refractivity contribution >= 4 is 5.97 Å². The van der Waals surface area contributed by atoms with E-state index in [0.29, 0.717) is 19.6 Å². The first-order valence-electron chi connectivity index (χ1n) is 6.83. The number of benzene rings is 1. The average molecular weight is 318 g/mol. The second-order valence-electron chi connectivity index (χ2n) is 5.14. The number of hydrogen-bond donors (Lipinski definition) is 1. The van der Waals surface area contributed by atoms with Crippen molar-refractivity contribution in [2.24, 2.45) is 0 Å². The summed E-state index contributed by atoms with van der Waals surface area (Å²) in [5.74, 6) is -1.07. The molecule has 0 bridgehead atoms. The third-order valence-electron chi connectivity index (χ3n) is 3.39. The lowest BCUT2D eigenvalue weighted by atomic mass is 10.2. The van der Waals surface area contributed by atoms with Gasteiger partial charge < -0.3 is 9.84 Å². The quantitative estimate of drug-likeness (QED) is 0.897. The topological polar surface area (TPSA) is 53.0 Å². The molecule has 0 saturated carbocycles. The van der Waals surface area contributed by atoms with Crippen molar-refractivity contribution in [3.63, 3.8) is 0 Å². The van der Waals surface area contributed by atoms with Crippen molar-refractivity contribution in [1.82, 2.24) is 9.80 Å². The highest BCUT2D eigenvalue weighted by Crippen LogP contribution is 2.23. The van der Waals surface area contributed by atoms with E-state index in [2.05, 4.69) is 9.64 Å². The fourth-order valence-electron chi connectivity index (χ4n) is 2.35. The van der Waals surface area contributed by atoms with Gasteiger partial charge in [-0.2, -0.15) is 0 Å². The van der Waals surface area contributed by atoms with Gasteiger partial charge in [-0.15, -0.1) is 13.2 Å². The first kappa shape index (κ1) is 16.6. The van der Waals surface area contributed by atoms with Crippen molar-refractivity contribution in [3.05, 3.63) is 29.8 Å². The third kappa shape index (κ3) is 5.53. The van der Waals surface area contributed by atoms with E-state index >= 15 is 0 Å². The molecule has 0 atom stereocenters. The van der Waals surface area contributed by atoms with Gasteiger partial charge in [-0.1, -0.05) is 12.1 Å². The molecule has 1 saturated heterocycles. The number of hydrogen-bond acceptors (Lipinski definition) is 4. The van der Waals surface area contributed by atoms with Crippen LogP contribution in [0.5, 0.6) is 5.75 Å². The van der Waals surface area contributed by atoms with Gasteiger partial charge in [0.2, 0.25) is 0 Å². The van der Waals surface area contributed by atoms with Gasteiger partial charge >= 0.3 is 12.3 Å². The van der Waals surface area contributed by atoms with Gasteiger partial charge in [0.05, 0.1) is 6.54 Å². The Morgan fingerprint density at radius 3 is 2.14 bits per heavy atom. The van der Waals surface area contributed by atoms with E-state index in [9.17, 15) is 18.0 Å². The lowest BCUT2D eigenvalue weighted by molar-refractivity contribution is -0.274. The summed E-state index contributed by atoms with van der Waals surface area (Å²) in [4.78, 5) is 14.6. The Hall–Kier alpha value is -1.80. The first-order chi connectivity index (χ1) is 10.3. The lowest BCUT2D eigenvalue weighted by Gasteiger charge is -2.33. The summed E-state index contributed by atoms with van der Waals surface area (Å²) in [5.41, 5.74) is 0.890. The molecular formula is C14H17F3N2O3. The van der Waals surface area contributed by atoms with E-state index < -0.39 is 12.3 Å². The molecule has 0 aromatic heterocycles. The van der Waals surface area contributed by atoms with Gasteiger partial charge in [0.1, 0.15) is 5.75 Å². The predicted octanol–water partition coefficient (Wildman–Crippen LogP) is 1.79. The van der Waals surface area contributed by atoms with Crippen molar-refractivity contribution in [2.75, 3.05) is 32.7 Å². The molecule has 1 aromatic rings. The number of nitrogens with zero attached hydrogens (tertiary/aromatic N) is 2. The molecule has 1 N–H and O–H groups in total. The number of carbonyl (C=O) groups is 1. The Morgan fingerprint density at radius 2 is 1.64 bits per heavy atom. The van der Waals surface area contributed by atoms with Crippen LogP contribution in [0, 0.1) is 0 Å². The summed E-state index contributed by atoms with van der Waals surface area (Å²) in [6, 6.07) is 5.79. The molecule has 1 aliphatic heterocycles. The second-order valence-corrected chi connectivity index (χ2v) is 5.14.